The third-order valence-electron chi connectivity index (χ3n) is 4.29. The third kappa shape index (κ3) is 4.20. The minimum Gasteiger partial charge on any atom is -0.314 e. The van der Waals surface area contributed by atoms with Crippen LogP contribution in [0.4, 0.5) is 11.4 Å². The van der Waals surface area contributed by atoms with Crippen molar-refractivity contribution in [3.05, 3.63) is 59.7 Å². The quantitative estimate of drug-likeness (QED) is 0.823. The van der Waals surface area contributed by atoms with Gasteiger partial charge in [0.1, 0.15) is 6.04 Å². The molecule has 0 fully saturated rings. The summed E-state index contributed by atoms with van der Waals surface area (Å²) in [6.45, 7) is 5.49. The molecule has 2 aromatic carbocycles. The van der Waals surface area contributed by atoms with Crippen molar-refractivity contribution in [2.75, 3.05) is 22.5 Å². The Morgan fingerprint density at radius 1 is 0.960 bits per heavy atom. The van der Waals surface area contributed by atoms with Gasteiger partial charge in [0.05, 0.1) is 11.9 Å². The normalized spacial score (nSPS) is 12.5. The molecule has 0 spiro atoms. The summed E-state index contributed by atoms with van der Waals surface area (Å²) in [5, 5.41) is 0. The Morgan fingerprint density at radius 2 is 1.56 bits per heavy atom. The molecule has 2 aromatic rings. The number of sulfonamides is 1. The fourth-order valence-corrected chi connectivity index (χ4v) is 3.89. The van der Waals surface area contributed by atoms with E-state index >= 15 is 0 Å². The summed E-state index contributed by atoms with van der Waals surface area (Å²) < 4.78 is 26.0. The molecule has 6 heteroatoms. The van der Waals surface area contributed by atoms with Crippen LogP contribution < -0.4 is 9.21 Å². The first kappa shape index (κ1) is 19.0. The number of nitrogens with zero attached hydrogens (tertiary/aromatic N) is 2. The topological polar surface area (TPSA) is 57.7 Å². The van der Waals surface area contributed by atoms with E-state index in [-0.39, 0.29) is 5.91 Å². The Kier molecular flexibility index (Phi) is 5.52. The van der Waals surface area contributed by atoms with E-state index < -0.39 is 16.1 Å². The average molecular weight is 360 g/mol. The highest BCUT2D eigenvalue weighted by Crippen LogP contribution is 2.25. The summed E-state index contributed by atoms with van der Waals surface area (Å²) in [6.07, 6.45) is 1.12. The largest absolute Gasteiger partial charge is 0.314 e. The molecule has 25 heavy (non-hydrogen) atoms. The van der Waals surface area contributed by atoms with E-state index in [0.717, 1.165) is 17.4 Å². The van der Waals surface area contributed by atoms with Gasteiger partial charge in [0.25, 0.3) is 0 Å². The molecule has 134 valence electrons. The van der Waals surface area contributed by atoms with E-state index in [0.29, 0.717) is 11.4 Å². The number of carbonyl (C=O) groups is 1. The molecular weight excluding hydrogens is 336 g/mol. The van der Waals surface area contributed by atoms with Crippen LogP contribution in [0.3, 0.4) is 0 Å². The van der Waals surface area contributed by atoms with Gasteiger partial charge >= 0.3 is 0 Å². The van der Waals surface area contributed by atoms with Crippen molar-refractivity contribution in [3.8, 4) is 0 Å². The van der Waals surface area contributed by atoms with Crippen molar-refractivity contribution >= 4 is 27.3 Å². The maximum atomic E-state index is 12.9. The minimum atomic E-state index is -3.62. The third-order valence-corrected chi connectivity index (χ3v) is 5.53. The Hall–Kier alpha value is -2.34. The fraction of sp³-hybridized carbons (Fsp3) is 0.316. The van der Waals surface area contributed by atoms with Gasteiger partial charge < -0.3 is 4.90 Å². The lowest BCUT2D eigenvalue weighted by molar-refractivity contribution is -0.119. The standard InChI is InChI=1S/C19H24N2O3S/c1-14-11-12-18(13-15(14)2)21(25(5,23)24)16(3)19(22)20(4)17-9-7-6-8-10-17/h6-13,16H,1-5H3/t16-/m0/s1. The summed E-state index contributed by atoms with van der Waals surface area (Å²) >= 11 is 0. The molecule has 0 saturated carbocycles. The van der Waals surface area contributed by atoms with E-state index in [1.165, 1.54) is 9.21 Å². The molecule has 0 N–H and O–H groups in total. The van der Waals surface area contributed by atoms with Crippen LogP contribution in [-0.2, 0) is 14.8 Å². The number of aryl methyl sites for hydroxylation is 2. The summed E-state index contributed by atoms with van der Waals surface area (Å²) in [5.41, 5.74) is 3.25. The van der Waals surface area contributed by atoms with Crippen molar-refractivity contribution in [2.24, 2.45) is 0 Å². The molecule has 1 amide bonds. The number of amides is 1. The molecule has 0 saturated heterocycles. The van der Waals surface area contributed by atoms with Crippen molar-refractivity contribution < 1.29 is 13.2 Å². The lowest BCUT2D eigenvalue weighted by Crippen LogP contribution is -2.48. The van der Waals surface area contributed by atoms with Crippen molar-refractivity contribution in [2.45, 2.75) is 26.8 Å². The molecule has 0 unspecified atom stereocenters. The zero-order chi connectivity index (χ0) is 18.8. The van der Waals surface area contributed by atoms with Gasteiger partial charge in [-0.25, -0.2) is 8.42 Å². The van der Waals surface area contributed by atoms with Crippen molar-refractivity contribution in [1.82, 2.24) is 0 Å². The summed E-state index contributed by atoms with van der Waals surface area (Å²) in [7, 11) is -1.97. The lowest BCUT2D eigenvalue weighted by atomic mass is 10.1. The highest BCUT2D eigenvalue weighted by molar-refractivity contribution is 7.92. The summed E-state index contributed by atoms with van der Waals surface area (Å²) in [5.74, 6) is -0.296. The predicted molar refractivity (Wildman–Crippen MR) is 103 cm³/mol. The number of benzene rings is 2. The first-order chi connectivity index (χ1) is 11.6. The van der Waals surface area contributed by atoms with Crippen molar-refractivity contribution in [3.63, 3.8) is 0 Å². The minimum absolute atomic E-state index is 0.296. The van der Waals surface area contributed by atoms with Gasteiger partial charge in [-0.15, -0.1) is 0 Å². The van der Waals surface area contributed by atoms with E-state index in [9.17, 15) is 13.2 Å². The van der Waals surface area contributed by atoms with Crippen LogP contribution in [0.2, 0.25) is 0 Å². The molecule has 0 bridgehead atoms. The Bertz CT molecular complexity index is 863. The van der Waals surface area contributed by atoms with Crippen LogP contribution in [-0.4, -0.2) is 33.7 Å². The maximum Gasteiger partial charge on any atom is 0.250 e. The van der Waals surface area contributed by atoms with Crippen LogP contribution >= 0.6 is 0 Å². The highest BCUT2D eigenvalue weighted by Gasteiger charge is 2.31. The Balaban J connectivity index is 2.41. The number of likely N-dealkylation sites (N-methyl/N-ethyl adjacent to an activating group) is 1. The SMILES string of the molecule is Cc1ccc(N([C@@H](C)C(=O)N(C)c2ccccc2)S(C)(=O)=O)cc1C. The van der Waals surface area contributed by atoms with Gasteiger partial charge in [0.2, 0.25) is 15.9 Å². The van der Waals surface area contributed by atoms with Crippen LogP contribution in [0.25, 0.3) is 0 Å². The number of rotatable bonds is 5. The first-order valence-electron chi connectivity index (χ1n) is 8.02. The molecule has 0 aliphatic carbocycles. The smallest absolute Gasteiger partial charge is 0.250 e. The second-order valence-electron chi connectivity index (χ2n) is 6.24. The number of carbonyl (C=O) groups excluding carboxylic acids is 1. The molecule has 0 radical (unpaired) electrons. The van der Waals surface area contributed by atoms with Gasteiger partial charge in [-0.3, -0.25) is 9.10 Å². The van der Waals surface area contributed by atoms with Crippen LogP contribution in [0.1, 0.15) is 18.1 Å². The van der Waals surface area contributed by atoms with Gasteiger partial charge in [0, 0.05) is 12.7 Å². The molecule has 1 atom stereocenters. The Morgan fingerprint density at radius 3 is 2.08 bits per heavy atom. The van der Waals surface area contributed by atoms with E-state index in [4.69, 9.17) is 0 Å². The van der Waals surface area contributed by atoms with E-state index in [1.807, 2.05) is 50.2 Å². The van der Waals surface area contributed by atoms with Gasteiger partial charge in [-0.2, -0.15) is 0 Å². The van der Waals surface area contributed by atoms with Crippen molar-refractivity contribution in [1.29, 1.82) is 0 Å². The highest BCUT2D eigenvalue weighted by atomic mass is 32.2. The molecule has 0 heterocycles. The van der Waals surface area contributed by atoms with Crippen LogP contribution in [0.5, 0.6) is 0 Å². The molecule has 2 rings (SSSR count). The Labute approximate surface area is 149 Å². The van der Waals surface area contributed by atoms with Gasteiger partial charge in [0.15, 0.2) is 0 Å². The van der Waals surface area contributed by atoms with Gasteiger partial charge in [-0.1, -0.05) is 24.3 Å². The molecule has 5 nitrogen and oxygen atoms in total. The number of anilines is 2. The molecule has 0 aliphatic heterocycles. The number of para-hydroxylation sites is 1. The fourth-order valence-electron chi connectivity index (χ4n) is 2.72. The molecular formula is C19H24N2O3S. The summed E-state index contributed by atoms with van der Waals surface area (Å²) in [4.78, 5) is 14.4. The maximum absolute atomic E-state index is 12.9. The lowest BCUT2D eigenvalue weighted by Gasteiger charge is -2.31. The van der Waals surface area contributed by atoms with Crippen LogP contribution in [0, 0.1) is 13.8 Å². The summed E-state index contributed by atoms with van der Waals surface area (Å²) in [6, 6.07) is 13.7. The van der Waals surface area contributed by atoms with Crippen LogP contribution in [0.15, 0.2) is 48.5 Å². The monoisotopic (exact) mass is 360 g/mol. The average Bonchev–Trinajstić information content (AvgIpc) is 2.56. The second kappa shape index (κ2) is 7.27. The van der Waals surface area contributed by atoms with E-state index in [2.05, 4.69) is 0 Å². The van der Waals surface area contributed by atoms with Gasteiger partial charge in [-0.05, 0) is 56.2 Å². The predicted octanol–water partition coefficient (Wildman–Crippen LogP) is 3.12. The number of hydrogen-bond donors (Lipinski definition) is 0. The molecule has 0 aliphatic rings. The second-order valence-corrected chi connectivity index (χ2v) is 8.10. The number of hydrogen-bond acceptors (Lipinski definition) is 3. The zero-order valence-corrected chi connectivity index (χ0v) is 16.0. The first-order valence-corrected chi connectivity index (χ1v) is 9.87. The zero-order valence-electron chi connectivity index (χ0n) is 15.2. The van der Waals surface area contributed by atoms with E-state index in [1.54, 1.807) is 26.1 Å². The molecule has 0 aromatic heterocycles.